The number of cyclic esters (lactones) is 1. The topological polar surface area (TPSA) is 128 Å². The van der Waals surface area contributed by atoms with Crippen LogP contribution in [0, 0.1) is 19.8 Å². The van der Waals surface area contributed by atoms with E-state index in [9.17, 15) is 19.2 Å². The Bertz CT molecular complexity index is 1450. The van der Waals surface area contributed by atoms with Gasteiger partial charge in [0.05, 0.1) is 30.4 Å². The van der Waals surface area contributed by atoms with Crippen molar-refractivity contribution in [3.63, 3.8) is 0 Å². The van der Waals surface area contributed by atoms with Crippen molar-refractivity contribution in [1.82, 2.24) is 24.9 Å². The predicted molar refractivity (Wildman–Crippen MR) is 137 cm³/mol. The van der Waals surface area contributed by atoms with Gasteiger partial charge in [-0.25, -0.2) is 4.79 Å². The Morgan fingerprint density at radius 2 is 1.71 bits per heavy atom. The van der Waals surface area contributed by atoms with Crippen molar-refractivity contribution >= 4 is 29.3 Å². The number of nitrogens with zero attached hydrogens (tertiary/aromatic N) is 5. The lowest BCUT2D eigenvalue weighted by molar-refractivity contribution is 0.0795. The third-order valence-electron chi connectivity index (χ3n) is 7.09. The SMILES string of the molecule is Cc1cc(C(=O)NC[C@H]2CN(c3ccc4c(c3)CCC[C@@H](C(=O)c3cc(C)nn3C)C4=O)C(=O)O2)n(C)n1. The summed E-state index contributed by atoms with van der Waals surface area (Å²) in [5.74, 6) is -1.48. The number of benzene rings is 1. The predicted octanol–water partition coefficient (Wildman–Crippen LogP) is 2.54. The number of nitrogens with one attached hydrogen (secondary N) is 1. The molecule has 0 bridgehead atoms. The molecule has 11 heteroatoms. The van der Waals surface area contributed by atoms with Gasteiger partial charge in [-0.15, -0.1) is 0 Å². The Morgan fingerprint density at radius 1 is 1.03 bits per heavy atom. The lowest BCUT2D eigenvalue weighted by Gasteiger charge is -2.16. The van der Waals surface area contributed by atoms with Gasteiger partial charge in [0.25, 0.3) is 5.91 Å². The summed E-state index contributed by atoms with van der Waals surface area (Å²) in [6.45, 7) is 4.04. The average molecular weight is 519 g/mol. The van der Waals surface area contributed by atoms with Crippen molar-refractivity contribution in [2.24, 2.45) is 20.0 Å². The van der Waals surface area contributed by atoms with Crippen molar-refractivity contribution in [3.8, 4) is 0 Å². The summed E-state index contributed by atoms with van der Waals surface area (Å²) in [5.41, 5.74) is 4.24. The van der Waals surface area contributed by atoms with Gasteiger partial charge in [-0.3, -0.25) is 28.6 Å². The van der Waals surface area contributed by atoms with E-state index in [2.05, 4.69) is 15.5 Å². The number of carbonyl (C=O) groups is 4. The van der Waals surface area contributed by atoms with Crippen molar-refractivity contribution in [3.05, 3.63) is 64.2 Å². The third-order valence-corrected chi connectivity index (χ3v) is 7.09. The lowest BCUT2D eigenvalue weighted by atomic mass is 9.89. The molecule has 1 saturated heterocycles. The number of ketones is 2. The maximum absolute atomic E-state index is 13.4. The van der Waals surface area contributed by atoms with Crippen LogP contribution in [0.4, 0.5) is 10.5 Å². The number of aryl methyl sites for hydroxylation is 5. The fraction of sp³-hybridized carbons (Fsp3) is 0.407. The van der Waals surface area contributed by atoms with E-state index in [1.165, 1.54) is 14.3 Å². The Labute approximate surface area is 219 Å². The highest BCUT2D eigenvalue weighted by molar-refractivity contribution is 6.16. The summed E-state index contributed by atoms with van der Waals surface area (Å²) in [7, 11) is 3.40. The Balaban J connectivity index is 1.28. The maximum Gasteiger partial charge on any atom is 0.414 e. The van der Waals surface area contributed by atoms with E-state index >= 15 is 0 Å². The molecule has 2 amide bonds. The summed E-state index contributed by atoms with van der Waals surface area (Å²) in [4.78, 5) is 53.2. The lowest BCUT2D eigenvalue weighted by Crippen LogP contribution is -2.35. The molecule has 1 N–H and O–H groups in total. The average Bonchev–Trinajstić information content (AvgIpc) is 3.50. The molecule has 0 unspecified atom stereocenters. The summed E-state index contributed by atoms with van der Waals surface area (Å²) >= 11 is 0. The van der Waals surface area contributed by atoms with E-state index in [1.54, 1.807) is 45.3 Å². The quantitative estimate of drug-likeness (QED) is 0.302. The van der Waals surface area contributed by atoms with Crippen LogP contribution in [-0.4, -0.2) is 62.3 Å². The molecule has 0 saturated carbocycles. The summed E-state index contributed by atoms with van der Waals surface area (Å²) in [5, 5.41) is 11.2. The second-order valence-corrected chi connectivity index (χ2v) is 9.93. The fourth-order valence-electron chi connectivity index (χ4n) is 5.24. The number of hydrogen-bond donors (Lipinski definition) is 1. The number of aromatic nitrogens is 4. The highest BCUT2D eigenvalue weighted by Gasteiger charge is 2.36. The van der Waals surface area contributed by atoms with E-state index in [1.807, 2.05) is 13.0 Å². The van der Waals surface area contributed by atoms with E-state index in [0.29, 0.717) is 41.9 Å². The van der Waals surface area contributed by atoms with Crippen LogP contribution in [0.1, 0.15) is 61.1 Å². The molecule has 1 aromatic carbocycles. The van der Waals surface area contributed by atoms with Crippen LogP contribution in [0.3, 0.4) is 0 Å². The fourth-order valence-corrected chi connectivity index (χ4v) is 5.24. The van der Waals surface area contributed by atoms with Crippen LogP contribution in [-0.2, 0) is 25.3 Å². The largest absolute Gasteiger partial charge is 0.442 e. The molecule has 1 aliphatic heterocycles. The molecule has 198 valence electrons. The zero-order valence-corrected chi connectivity index (χ0v) is 21.9. The van der Waals surface area contributed by atoms with Crippen LogP contribution in [0.15, 0.2) is 30.3 Å². The van der Waals surface area contributed by atoms with Crippen LogP contribution < -0.4 is 10.2 Å². The molecule has 2 aliphatic rings. The molecule has 11 nitrogen and oxygen atoms in total. The number of ether oxygens (including phenoxy) is 1. The summed E-state index contributed by atoms with van der Waals surface area (Å²) in [6, 6.07) is 8.63. The molecule has 1 aliphatic carbocycles. The normalized spacial score (nSPS) is 19.2. The van der Waals surface area contributed by atoms with Gasteiger partial charge in [0.2, 0.25) is 0 Å². The first-order valence-corrected chi connectivity index (χ1v) is 12.6. The number of amides is 2. The zero-order valence-electron chi connectivity index (χ0n) is 21.9. The summed E-state index contributed by atoms with van der Waals surface area (Å²) < 4.78 is 8.51. The van der Waals surface area contributed by atoms with Crippen molar-refractivity contribution in [2.75, 3.05) is 18.0 Å². The number of rotatable bonds is 6. The number of fused-ring (bicyclic) bond motifs is 1. The third kappa shape index (κ3) is 4.71. The van der Waals surface area contributed by atoms with Crippen LogP contribution >= 0.6 is 0 Å². The standard InChI is InChI=1S/C27H30N6O5/c1-15-10-22(31(3)29-15)25(35)21-7-5-6-17-12-18(8-9-20(17)24(21)34)33-14-19(38-27(33)37)13-28-26(36)23-11-16(2)30-32(23)4/h8-12,19,21H,5-7,13-14H2,1-4H3,(H,28,36)/t19-,21+/m0/s1. The highest BCUT2D eigenvalue weighted by atomic mass is 16.6. The number of Topliss-reactive ketones (excluding diaryl/α,β-unsaturated/α-hetero) is 2. The molecular weight excluding hydrogens is 488 g/mol. The molecule has 3 heterocycles. The first-order valence-electron chi connectivity index (χ1n) is 12.6. The minimum absolute atomic E-state index is 0.159. The minimum atomic E-state index is -0.759. The van der Waals surface area contributed by atoms with Crippen molar-refractivity contribution < 1.29 is 23.9 Å². The summed E-state index contributed by atoms with van der Waals surface area (Å²) in [6.07, 6.45) is 0.707. The van der Waals surface area contributed by atoms with Gasteiger partial charge in [0, 0.05) is 25.3 Å². The molecule has 0 radical (unpaired) electrons. The second-order valence-electron chi connectivity index (χ2n) is 9.93. The van der Waals surface area contributed by atoms with E-state index in [0.717, 1.165) is 17.0 Å². The highest BCUT2D eigenvalue weighted by Crippen LogP contribution is 2.31. The maximum atomic E-state index is 13.4. The molecular formula is C27H30N6O5. The Kier molecular flexibility index (Phi) is 6.60. The molecule has 5 rings (SSSR count). The van der Waals surface area contributed by atoms with Gasteiger partial charge in [-0.05, 0) is 69.0 Å². The van der Waals surface area contributed by atoms with Gasteiger partial charge < -0.3 is 10.1 Å². The van der Waals surface area contributed by atoms with Gasteiger partial charge in [0.15, 0.2) is 11.6 Å². The Hall–Kier alpha value is -4.28. The Morgan fingerprint density at radius 3 is 2.37 bits per heavy atom. The van der Waals surface area contributed by atoms with Crippen molar-refractivity contribution in [1.29, 1.82) is 0 Å². The van der Waals surface area contributed by atoms with Crippen molar-refractivity contribution in [2.45, 2.75) is 39.2 Å². The first kappa shape index (κ1) is 25.4. The molecule has 2 aromatic heterocycles. The van der Waals surface area contributed by atoms with Gasteiger partial charge in [-0.1, -0.05) is 0 Å². The van der Waals surface area contributed by atoms with Gasteiger partial charge in [-0.2, -0.15) is 10.2 Å². The molecule has 0 spiro atoms. The molecule has 38 heavy (non-hydrogen) atoms. The van der Waals surface area contributed by atoms with E-state index < -0.39 is 18.1 Å². The van der Waals surface area contributed by atoms with E-state index in [-0.39, 0.29) is 30.6 Å². The minimum Gasteiger partial charge on any atom is -0.442 e. The van der Waals surface area contributed by atoms with Gasteiger partial charge in [0.1, 0.15) is 17.5 Å². The first-order chi connectivity index (χ1) is 18.1. The van der Waals surface area contributed by atoms with Crippen LogP contribution in [0.5, 0.6) is 0 Å². The number of carbonyl (C=O) groups excluding carboxylic acids is 4. The van der Waals surface area contributed by atoms with Crippen LogP contribution in [0.2, 0.25) is 0 Å². The molecule has 3 aromatic rings. The van der Waals surface area contributed by atoms with E-state index in [4.69, 9.17) is 4.74 Å². The molecule has 1 fully saturated rings. The van der Waals surface area contributed by atoms with Gasteiger partial charge >= 0.3 is 6.09 Å². The number of hydrogen-bond acceptors (Lipinski definition) is 7. The number of anilines is 1. The van der Waals surface area contributed by atoms with Crippen LogP contribution in [0.25, 0.3) is 0 Å². The smallest absolute Gasteiger partial charge is 0.414 e. The zero-order chi connectivity index (χ0) is 27.1. The monoisotopic (exact) mass is 518 g/mol. The molecule has 2 atom stereocenters. The second kappa shape index (κ2) is 9.88.